The Morgan fingerprint density at radius 1 is 0.351 bits per heavy atom. The minimum absolute atomic E-state index is 0. The summed E-state index contributed by atoms with van der Waals surface area (Å²) in [5, 5.41) is 14.4. The molecule has 114 heavy (non-hydrogen) atoms. The number of fused-ring (bicyclic) bond motifs is 6. The second-order valence-electron chi connectivity index (χ2n) is 27.8. The summed E-state index contributed by atoms with van der Waals surface area (Å²) in [4.78, 5) is 4.45. The van der Waals surface area contributed by atoms with Gasteiger partial charge in [-0.25, -0.2) is 0 Å². The standard InChI is InChI=1S/C50H38N2.C32H22ClN.C18H15BNO2.C4H8O.CH4/c1-2-36-18-20-39(21-19-36)41-28-32-49-47(34-41)48-35-42(29-33-50(48)52(49)45-16-10-5-11-17-45)40-24-22-37(23-25-40)38-26-30-46(31-27-38)51(43-12-6-3-7-13-43)44-14-8-4-9-15-44;1-2-22-8-10-23(11-9-22)25-14-18-31-29(20-25)30-21-26(24-12-16-27(33)17-13-24)15-19-32(30)34(31)28-6-4-3-5-7-28;21-19-22-18-13-11-17(12-14-18)20(15-7-3-1-4-8-15)16-9-5-2-6-10-16;1-2-4-5-3-1;/h3-35H,2H2,1H3;2-21H,1H2;1-14,21H;1-4H2;1H4. The molecule has 1 N–H and O–H groups in total. The highest BCUT2D eigenvalue weighted by molar-refractivity contribution is 6.30. The molecule has 16 aromatic carbocycles. The normalized spacial score (nSPS) is 11.5. The Labute approximate surface area is 674 Å². The minimum atomic E-state index is 0. The van der Waals surface area contributed by atoms with Crippen molar-refractivity contribution in [3.05, 3.63) is 423 Å². The number of rotatable bonds is 17. The van der Waals surface area contributed by atoms with Crippen molar-refractivity contribution < 1.29 is 14.4 Å². The molecular weight excluding hydrogens is 1410 g/mol. The molecule has 1 saturated heterocycles. The second-order valence-corrected chi connectivity index (χ2v) is 28.3. The predicted octanol–water partition coefficient (Wildman–Crippen LogP) is 28.7. The van der Waals surface area contributed by atoms with Gasteiger partial charge in [0.1, 0.15) is 5.75 Å². The Kier molecular flexibility index (Phi) is 24.1. The van der Waals surface area contributed by atoms with Crippen LogP contribution in [0.25, 0.3) is 117 Å². The molecule has 0 atom stereocenters. The van der Waals surface area contributed by atoms with Crippen molar-refractivity contribution in [2.45, 2.75) is 33.6 Å². The number of para-hydroxylation sites is 6. The molecule has 0 amide bonds. The highest BCUT2D eigenvalue weighted by Gasteiger charge is 2.19. The van der Waals surface area contributed by atoms with Gasteiger partial charge >= 0.3 is 7.69 Å². The third kappa shape index (κ3) is 17.0. The average Bonchev–Trinajstić information content (AvgIpc) is 1.59. The molecule has 0 aliphatic carbocycles. The van der Waals surface area contributed by atoms with Crippen LogP contribution in [-0.2, 0) is 11.2 Å². The smallest absolute Gasteiger partial charge is 0.537 e. The zero-order chi connectivity index (χ0) is 76.7. The van der Waals surface area contributed by atoms with Crippen molar-refractivity contribution in [2.24, 2.45) is 0 Å². The Hall–Kier alpha value is -13.5. The molecule has 2 aromatic heterocycles. The van der Waals surface area contributed by atoms with Gasteiger partial charge in [0.25, 0.3) is 0 Å². The number of halogens is 1. The number of anilines is 6. The van der Waals surface area contributed by atoms with Crippen LogP contribution in [0.4, 0.5) is 34.1 Å². The summed E-state index contributed by atoms with van der Waals surface area (Å²) in [7, 11) is 0.682. The minimum Gasteiger partial charge on any atom is -0.537 e. The lowest BCUT2D eigenvalue weighted by molar-refractivity contribution is 0.198. The summed E-state index contributed by atoms with van der Waals surface area (Å²) in [5.41, 5.74) is 28.2. The fourth-order valence-corrected chi connectivity index (χ4v) is 15.1. The lowest BCUT2D eigenvalue weighted by Gasteiger charge is -2.25. The van der Waals surface area contributed by atoms with Crippen molar-refractivity contribution in [3.63, 3.8) is 0 Å². The fourth-order valence-electron chi connectivity index (χ4n) is 15.0. The maximum absolute atomic E-state index is 8.70. The molecule has 1 aliphatic heterocycles. The lowest BCUT2D eigenvalue weighted by Crippen LogP contribution is -2.09. The van der Waals surface area contributed by atoms with E-state index in [1.165, 1.54) is 118 Å². The molecule has 0 saturated carbocycles. The Balaban J connectivity index is 0.000000141. The van der Waals surface area contributed by atoms with E-state index in [1.807, 2.05) is 78.9 Å². The van der Waals surface area contributed by atoms with Gasteiger partial charge in [-0.3, -0.25) is 0 Å². The molecule has 1 fully saturated rings. The Bertz CT molecular complexity index is 6080. The van der Waals surface area contributed by atoms with Crippen LogP contribution in [-0.4, -0.2) is 35.1 Å². The maximum atomic E-state index is 8.70. The number of aromatic nitrogens is 2. The molecule has 3 heterocycles. The monoisotopic (exact) mass is 1500 g/mol. The lowest BCUT2D eigenvalue weighted by atomic mass is 9.98. The van der Waals surface area contributed by atoms with Crippen molar-refractivity contribution in [2.75, 3.05) is 23.0 Å². The molecule has 0 bridgehead atoms. The van der Waals surface area contributed by atoms with Crippen LogP contribution in [0.2, 0.25) is 5.02 Å². The van der Waals surface area contributed by atoms with E-state index in [4.69, 9.17) is 26.0 Å². The van der Waals surface area contributed by atoms with Crippen LogP contribution in [0.3, 0.4) is 0 Å². The second kappa shape index (κ2) is 36.1. The molecule has 7 nitrogen and oxygen atoms in total. The highest BCUT2D eigenvalue weighted by atomic mass is 35.5. The van der Waals surface area contributed by atoms with E-state index in [-0.39, 0.29) is 7.43 Å². The summed E-state index contributed by atoms with van der Waals surface area (Å²) in [6.45, 7) is 8.07. The molecule has 1 radical (unpaired) electrons. The molecule has 555 valence electrons. The third-order valence-corrected chi connectivity index (χ3v) is 21.0. The van der Waals surface area contributed by atoms with Gasteiger partial charge in [-0.05, 0) is 256 Å². The number of ether oxygens (including phenoxy) is 1. The topological polar surface area (TPSA) is 55.0 Å². The summed E-state index contributed by atoms with van der Waals surface area (Å²) >= 11 is 6.13. The molecule has 19 rings (SSSR count). The highest BCUT2D eigenvalue weighted by Crippen LogP contribution is 2.42. The average molecular weight is 1500 g/mol. The number of benzene rings is 16. The van der Waals surface area contributed by atoms with E-state index in [9.17, 15) is 0 Å². The van der Waals surface area contributed by atoms with Gasteiger partial charge in [-0.2, -0.15) is 0 Å². The van der Waals surface area contributed by atoms with Crippen molar-refractivity contribution >= 4 is 103 Å². The SMILES string of the molecule is C.C1CCOC1.C=Cc1ccc(-c2ccc3c(c2)c2cc(-c4ccc(Cl)cc4)ccc2n3-c2ccccc2)cc1.CCc1ccc(-c2ccc3c(c2)c2cc(-c4ccc(-c5ccc(N(c6ccccc6)c6ccccc6)cc5)cc4)ccc2n3-c2ccccc2)cc1.O[B]Oc1ccc(N(c2ccccc2)c2ccccc2)cc1. The summed E-state index contributed by atoms with van der Waals surface area (Å²) < 4.78 is 14.6. The van der Waals surface area contributed by atoms with Crippen LogP contribution in [0, 0.1) is 0 Å². The first-order chi connectivity index (χ1) is 55.8. The van der Waals surface area contributed by atoms with Gasteiger partial charge < -0.3 is 33.3 Å². The molecule has 0 spiro atoms. The van der Waals surface area contributed by atoms with Crippen LogP contribution < -0.4 is 14.5 Å². The predicted molar refractivity (Wildman–Crippen MR) is 484 cm³/mol. The number of hydrogen-bond donors (Lipinski definition) is 1. The Morgan fingerprint density at radius 3 is 0.930 bits per heavy atom. The zero-order valence-corrected chi connectivity index (χ0v) is 63.7. The molecule has 9 heteroatoms. The van der Waals surface area contributed by atoms with Gasteiger partial charge in [0, 0.05) is 85.3 Å². The van der Waals surface area contributed by atoms with E-state index in [0.29, 0.717) is 13.4 Å². The summed E-state index contributed by atoms with van der Waals surface area (Å²) in [5.74, 6) is 0.590. The van der Waals surface area contributed by atoms with Crippen molar-refractivity contribution in [1.29, 1.82) is 0 Å². The van der Waals surface area contributed by atoms with Gasteiger partial charge in [0.2, 0.25) is 0 Å². The van der Waals surface area contributed by atoms with Gasteiger partial charge in [-0.1, -0.05) is 269 Å². The van der Waals surface area contributed by atoms with Gasteiger partial charge in [-0.15, -0.1) is 0 Å². The largest absolute Gasteiger partial charge is 0.569 e. The van der Waals surface area contributed by atoms with Gasteiger partial charge in [0.05, 0.1) is 22.1 Å². The van der Waals surface area contributed by atoms with E-state index < -0.39 is 0 Å². The van der Waals surface area contributed by atoms with E-state index in [1.54, 1.807) is 0 Å². The van der Waals surface area contributed by atoms with Crippen LogP contribution in [0.1, 0.15) is 38.3 Å². The zero-order valence-electron chi connectivity index (χ0n) is 62.9. The van der Waals surface area contributed by atoms with Crippen LogP contribution >= 0.6 is 11.6 Å². The summed E-state index contributed by atoms with van der Waals surface area (Å²) in [6.07, 6.45) is 5.47. The molecular formula is C105H87BClN4O3. The molecule has 0 unspecified atom stereocenters. The summed E-state index contributed by atoms with van der Waals surface area (Å²) in [6, 6.07) is 141. The van der Waals surface area contributed by atoms with Crippen molar-refractivity contribution in [1.82, 2.24) is 9.13 Å². The van der Waals surface area contributed by atoms with Crippen LogP contribution in [0.15, 0.2) is 407 Å². The fraction of sp³-hybridized carbons (Fsp3) is 0.0667. The first-order valence-corrected chi connectivity index (χ1v) is 38.9. The number of aryl methyl sites for hydroxylation is 1. The van der Waals surface area contributed by atoms with Crippen LogP contribution in [0.5, 0.6) is 5.75 Å². The first-order valence-electron chi connectivity index (χ1n) is 38.5. The number of nitrogens with zero attached hydrogens (tertiary/aromatic N) is 4. The number of hydrogen-bond acceptors (Lipinski definition) is 5. The van der Waals surface area contributed by atoms with E-state index >= 15 is 0 Å². The third-order valence-electron chi connectivity index (χ3n) is 20.8. The van der Waals surface area contributed by atoms with Gasteiger partial charge in [0.15, 0.2) is 0 Å². The van der Waals surface area contributed by atoms with E-state index in [0.717, 1.165) is 75.6 Å². The Morgan fingerprint density at radius 2 is 0.623 bits per heavy atom. The van der Waals surface area contributed by atoms with Crippen molar-refractivity contribution in [3.8, 4) is 72.8 Å². The quantitative estimate of drug-likeness (QED) is 0.0921. The maximum Gasteiger partial charge on any atom is 0.569 e. The first kappa shape index (κ1) is 75.9. The molecule has 1 aliphatic rings. The van der Waals surface area contributed by atoms with E-state index in [2.05, 4.69) is 360 Å². The molecule has 18 aromatic rings.